The number of nitrogens with one attached hydrogen (secondary N) is 2. The summed E-state index contributed by atoms with van der Waals surface area (Å²) in [6, 6.07) is 11.7. The number of carbonyl (C=O) groups is 1. The number of aromatic nitrogens is 2. The number of H-pyrrole nitrogens is 1. The van der Waals surface area contributed by atoms with Crippen molar-refractivity contribution in [2.75, 3.05) is 18.9 Å². The predicted octanol–water partition coefficient (Wildman–Crippen LogP) is 4.31. The highest BCUT2D eigenvalue weighted by molar-refractivity contribution is 6.30. The van der Waals surface area contributed by atoms with E-state index in [-0.39, 0.29) is 23.5 Å². The fourth-order valence-corrected chi connectivity index (χ4v) is 2.88. The van der Waals surface area contributed by atoms with Crippen LogP contribution in [-0.4, -0.2) is 34.4 Å². The Labute approximate surface area is 158 Å². The van der Waals surface area contributed by atoms with Crippen LogP contribution >= 0.6 is 11.6 Å². The van der Waals surface area contributed by atoms with Crippen molar-refractivity contribution in [1.82, 2.24) is 14.9 Å². The number of hydrogen-bond donors (Lipinski definition) is 2. The second kappa shape index (κ2) is 7.58. The lowest BCUT2D eigenvalue weighted by Gasteiger charge is -2.16. The standard InChI is InChI=1S/C18H16ClF3N4O/c1-26(9-11-3-2-4-12(19)7-11)10-16(27)23-13-5-6-14-15(8-13)25-17(24-14)18(20,21)22/h2-8H,9-10H2,1H3,(H,23,27)(H,24,25). The summed E-state index contributed by atoms with van der Waals surface area (Å²) < 4.78 is 38.1. The number of aromatic amines is 1. The summed E-state index contributed by atoms with van der Waals surface area (Å²) in [7, 11) is 1.79. The molecule has 142 valence electrons. The minimum Gasteiger partial charge on any atom is -0.334 e. The average Bonchev–Trinajstić information content (AvgIpc) is 2.98. The molecular weight excluding hydrogens is 381 g/mol. The fraction of sp³-hybridized carbons (Fsp3) is 0.222. The van der Waals surface area contributed by atoms with Gasteiger partial charge >= 0.3 is 6.18 Å². The maximum atomic E-state index is 12.7. The van der Waals surface area contributed by atoms with Gasteiger partial charge in [0.1, 0.15) is 0 Å². The third-order valence-electron chi connectivity index (χ3n) is 3.79. The van der Waals surface area contributed by atoms with E-state index in [4.69, 9.17) is 11.6 Å². The van der Waals surface area contributed by atoms with E-state index in [1.54, 1.807) is 18.0 Å². The Bertz CT molecular complexity index is 971. The van der Waals surface area contributed by atoms with Crippen molar-refractivity contribution in [2.24, 2.45) is 0 Å². The quantitative estimate of drug-likeness (QED) is 0.675. The van der Waals surface area contributed by atoms with Crippen molar-refractivity contribution in [3.63, 3.8) is 0 Å². The van der Waals surface area contributed by atoms with Gasteiger partial charge in [0.05, 0.1) is 17.6 Å². The number of halogens is 4. The number of fused-ring (bicyclic) bond motifs is 1. The Morgan fingerprint density at radius 2 is 2.04 bits per heavy atom. The number of alkyl halides is 3. The number of rotatable bonds is 5. The molecule has 0 fully saturated rings. The minimum absolute atomic E-state index is 0.112. The van der Waals surface area contributed by atoms with Gasteiger partial charge in [-0.3, -0.25) is 9.69 Å². The summed E-state index contributed by atoms with van der Waals surface area (Å²) in [5.41, 5.74) is 1.74. The summed E-state index contributed by atoms with van der Waals surface area (Å²) in [5, 5.41) is 3.30. The van der Waals surface area contributed by atoms with Crippen molar-refractivity contribution in [2.45, 2.75) is 12.7 Å². The summed E-state index contributed by atoms with van der Waals surface area (Å²) in [6.45, 7) is 0.643. The number of hydrogen-bond acceptors (Lipinski definition) is 3. The van der Waals surface area contributed by atoms with Crippen LogP contribution in [0.3, 0.4) is 0 Å². The number of benzene rings is 2. The lowest BCUT2D eigenvalue weighted by Crippen LogP contribution is -2.29. The summed E-state index contributed by atoms with van der Waals surface area (Å²) in [6.07, 6.45) is -4.55. The Kier molecular flexibility index (Phi) is 5.38. The first-order valence-electron chi connectivity index (χ1n) is 8.00. The third-order valence-corrected chi connectivity index (χ3v) is 4.02. The first-order valence-corrected chi connectivity index (χ1v) is 8.38. The van der Waals surface area contributed by atoms with E-state index in [1.807, 2.05) is 18.2 Å². The number of likely N-dealkylation sites (N-methyl/N-ethyl adjacent to an activating group) is 1. The molecule has 1 aromatic heterocycles. The number of anilines is 1. The molecule has 0 bridgehead atoms. The SMILES string of the molecule is CN(CC(=O)Nc1ccc2nc(C(F)(F)F)[nH]c2c1)Cc1cccc(Cl)c1. The van der Waals surface area contributed by atoms with E-state index < -0.39 is 12.0 Å². The summed E-state index contributed by atoms with van der Waals surface area (Å²) in [4.78, 5) is 19.7. The van der Waals surface area contributed by atoms with Crippen molar-refractivity contribution >= 4 is 34.2 Å². The molecule has 27 heavy (non-hydrogen) atoms. The molecule has 2 aromatic carbocycles. The minimum atomic E-state index is -4.55. The predicted molar refractivity (Wildman–Crippen MR) is 97.5 cm³/mol. The molecular formula is C18H16ClF3N4O. The van der Waals surface area contributed by atoms with Gasteiger partial charge in [-0.1, -0.05) is 23.7 Å². The first-order chi connectivity index (χ1) is 12.7. The highest BCUT2D eigenvalue weighted by Gasteiger charge is 2.34. The monoisotopic (exact) mass is 396 g/mol. The number of imidazole rings is 1. The third kappa shape index (κ3) is 4.99. The summed E-state index contributed by atoms with van der Waals surface area (Å²) >= 11 is 5.94. The van der Waals surface area contributed by atoms with Crippen LogP contribution in [0.2, 0.25) is 5.02 Å². The van der Waals surface area contributed by atoms with Crippen LogP contribution in [0.1, 0.15) is 11.4 Å². The zero-order chi connectivity index (χ0) is 19.6. The van der Waals surface area contributed by atoms with Crippen LogP contribution in [0.5, 0.6) is 0 Å². The summed E-state index contributed by atoms with van der Waals surface area (Å²) in [5.74, 6) is -1.35. The second-order valence-corrected chi connectivity index (χ2v) is 6.60. The lowest BCUT2D eigenvalue weighted by atomic mass is 10.2. The van der Waals surface area contributed by atoms with Crippen molar-refractivity contribution in [3.8, 4) is 0 Å². The first kappa shape index (κ1) is 19.2. The van der Waals surface area contributed by atoms with Crippen molar-refractivity contribution < 1.29 is 18.0 Å². The largest absolute Gasteiger partial charge is 0.449 e. The number of nitrogens with zero attached hydrogens (tertiary/aromatic N) is 2. The average molecular weight is 397 g/mol. The Balaban J connectivity index is 1.63. The Morgan fingerprint density at radius 3 is 2.74 bits per heavy atom. The maximum absolute atomic E-state index is 12.7. The molecule has 1 heterocycles. The van der Waals surface area contributed by atoms with Crippen LogP contribution in [0, 0.1) is 0 Å². The van der Waals surface area contributed by atoms with Gasteiger partial charge in [0.25, 0.3) is 0 Å². The fourth-order valence-electron chi connectivity index (χ4n) is 2.67. The number of carbonyl (C=O) groups excluding carboxylic acids is 1. The van der Waals surface area contributed by atoms with E-state index in [2.05, 4.69) is 15.3 Å². The molecule has 5 nitrogen and oxygen atoms in total. The Hall–Kier alpha value is -2.58. The van der Waals surface area contributed by atoms with Crippen LogP contribution in [-0.2, 0) is 17.5 Å². The highest BCUT2D eigenvalue weighted by atomic mass is 35.5. The van der Waals surface area contributed by atoms with Gasteiger partial charge in [0, 0.05) is 17.3 Å². The van der Waals surface area contributed by atoms with Crippen LogP contribution in [0.25, 0.3) is 11.0 Å². The Morgan fingerprint density at radius 1 is 1.26 bits per heavy atom. The molecule has 9 heteroatoms. The molecule has 0 saturated carbocycles. The van der Waals surface area contributed by atoms with Crippen molar-refractivity contribution in [1.29, 1.82) is 0 Å². The second-order valence-electron chi connectivity index (χ2n) is 6.17. The molecule has 0 aliphatic rings. The van der Waals surface area contributed by atoms with E-state index in [1.165, 1.54) is 18.2 Å². The topological polar surface area (TPSA) is 61.0 Å². The molecule has 0 unspecified atom stereocenters. The van der Waals surface area contributed by atoms with Gasteiger partial charge in [-0.05, 0) is 42.9 Å². The zero-order valence-electron chi connectivity index (χ0n) is 14.3. The van der Waals surface area contributed by atoms with Gasteiger partial charge in [0.15, 0.2) is 0 Å². The highest BCUT2D eigenvalue weighted by Crippen LogP contribution is 2.29. The van der Waals surface area contributed by atoms with E-state index in [0.29, 0.717) is 17.3 Å². The lowest BCUT2D eigenvalue weighted by molar-refractivity contribution is -0.144. The smallest absolute Gasteiger partial charge is 0.334 e. The molecule has 3 aromatic rings. The molecule has 0 atom stereocenters. The van der Waals surface area contributed by atoms with Crippen LogP contribution in [0.4, 0.5) is 18.9 Å². The molecule has 2 N–H and O–H groups in total. The van der Waals surface area contributed by atoms with Gasteiger partial charge < -0.3 is 10.3 Å². The molecule has 1 amide bonds. The van der Waals surface area contributed by atoms with Gasteiger partial charge in [-0.25, -0.2) is 4.98 Å². The van der Waals surface area contributed by atoms with Crippen molar-refractivity contribution in [3.05, 3.63) is 58.9 Å². The molecule has 0 radical (unpaired) electrons. The molecule has 0 saturated heterocycles. The molecule has 0 aliphatic carbocycles. The van der Waals surface area contributed by atoms with E-state index in [0.717, 1.165) is 5.56 Å². The number of amides is 1. The zero-order valence-corrected chi connectivity index (χ0v) is 15.0. The van der Waals surface area contributed by atoms with E-state index in [9.17, 15) is 18.0 Å². The van der Waals surface area contributed by atoms with E-state index >= 15 is 0 Å². The molecule has 3 rings (SSSR count). The van der Waals surface area contributed by atoms with Gasteiger partial charge in [-0.15, -0.1) is 0 Å². The van der Waals surface area contributed by atoms with Crippen LogP contribution < -0.4 is 5.32 Å². The van der Waals surface area contributed by atoms with Gasteiger partial charge in [0.2, 0.25) is 11.7 Å². The maximum Gasteiger partial charge on any atom is 0.449 e. The molecule has 0 spiro atoms. The van der Waals surface area contributed by atoms with Gasteiger partial charge in [-0.2, -0.15) is 13.2 Å². The normalized spacial score (nSPS) is 11.9. The van der Waals surface area contributed by atoms with Crippen LogP contribution in [0.15, 0.2) is 42.5 Å². The molecule has 0 aliphatic heterocycles.